The highest BCUT2D eigenvalue weighted by Crippen LogP contribution is 2.53. The molecule has 40 heavy (non-hydrogen) atoms. The van der Waals surface area contributed by atoms with Crippen molar-refractivity contribution in [3.05, 3.63) is 58.6 Å². The van der Waals surface area contributed by atoms with Crippen LogP contribution in [0.5, 0.6) is 5.75 Å². The van der Waals surface area contributed by atoms with Gasteiger partial charge in [-0.1, -0.05) is 30.9 Å². The van der Waals surface area contributed by atoms with Crippen LogP contribution in [0.2, 0.25) is 5.02 Å². The number of carbonyl (C=O) groups is 1. The summed E-state index contributed by atoms with van der Waals surface area (Å²) < 4.78 is 82.0. The summed E-state index contributed by atoms with van der Waals surface area (Å²) in [6.45, 7) is -0.119. The number of urea groups is 1. The number of rotatable bonds is 6. The Morgan fingerprint density at radius 2 is 1.80 bits per heavy atom. The van der Waals surface area contributed by atoms with Crippen LogP contribution in [-0.4, -0.2) is 37.1 Å². The minimum absolute atomic E-state index is 0.0283. The van der Waals surface area contributed by atoms with Crippen LogP contribution in [0.15, 0.2) is 36.4 Å². The van der Waals surface area contributed by atoms with E-state index >= 15 is 0 Å². The largest absolute Gasteiger partial charge is 0.473 e. The smallest absolute Gasteiger partial charge is 0.421 e. The van der Waals surface area contributed by atoms with Crippen LogP contribution in [-0.2, 0) is 10.3 Å². The van der Waals surface area contributed by atoms with E-state index in [0.717, 1.165) is 56.4 Å². The fourth-order valence-corrected chi connectivity index (χ4v) is 6.12. The summed E-state index contributed by atoms with van der Waals surface area (Å²) in [5.41, 5.74) is -3.20. The first kappa shape index (κ1) is 28.9. The normalized spacial score (nSPS) is 27.5. The van der Waals surface area contributed by atoms with E-state index in [2.05, 4.69) is 16.0 Å². The highest BCUT2D eigenvalue weighted by Gasteiger charge is 2.62. The van der Waals surface area contributed by atoms with Crippen molar-refractivity contribution in [1.82, 2.24) is 10.6 Å². The lowest BCUT2D eigenvalue weighted by Gasteiger charge is -2.45. The maximum Gasteiger partial charge on any atom is 0.421 e. The number of hydrogen-bond acceptors (Lipinski definition) is 4. The summed E-state index contributed by atoms with van der Waals surface area (Å²) >= 11 is 5.78. The third kappa shape index (κ3) is 6.01. The highest BCUT2D eigenvalue weighted by atomic mass is 35.5. The molecule has 0 radical (unpaired) electrons. The summed E-state index contributed by atoms with van der Waals surface area (Å²) in [7, 11) is 0. The first-order valence-corrected chi connectivity index (χ1v) is 13.9. The van der Waals surface area contributed by atoms with Gasteiger partial charge in [-0.3, -0.25) is 5.32 Å². The fraction of sp³-hybridized carbons (Fsp3) is 0.536. The molecule has 0 spiro atoms. The summed E-state index contributed by atoms with van der Waals surface area (Å²) in [6, 6.07) is 5.43. The second kappa shape index (κ2) is 11.7. The summed E-state index contributed by atoms with van der Waals surface area (Å²) in [5, 5.41) is 8.78. The fourth-order valence-electron chi connectivity index (χ4n) is 5.96. The van der Waals surface area contributed by atoms with Crippen LogP contribution >= 0.6 is 11.6 Å². The molecule has 6 nitrogen and oxygen atoms in total. The number of hydrogen-bond donors (Lipinski definition) is 3. The van der Waals surface area contributed by atoms with Crippen molar-refractivity contribution in [2.24, 2.45) is 5.92 Å². The summed E-state index contributed by atoms with van der Waals surface area (Å²) in [5.74, 6) is -1.39. The van der Waals surface area contributed by atoms with Crippen LogP contribution in [0.1, 0.15) is 56.9 Å². The minimum Gasteiger partial charge on any atom is -0.473 e. The van der Waals surface area contributed by atoms with Gasteiger partial charge >= 0.3 is 12.2 Å². The van der Waals surface area contributed by atoms with Crippen molar-refractivity contribution in [3.8, 4) is 5.75 Å². The van der Waals surface area contributed by atoms with Crippen molar-refractivity contribution in [2.75, 3.05) is 11.9 Å². The van der Waals surface area contributed by atoms with Crippen LogP contribution in [0, 0.1) is 17.6 Å². The number of anilines is 1. The van der Waals surface area contributed by atoms with Crippen molar-refractivity contribution in [1.29, 1.82) is 0 Å². The van der Waals surface area contributed by atoms with Gasteiger partial charge in [0.15, 0.2) is 11.8 Å². The van der Waals surface area contributed by atoms with Crippen molar-refractivity contribution >= 4 is 23.3 Å². The lowest BCUT2D eigenvalue weighted by Crippen LogP contribution is -2.61. The zero-order valence-electron chi connectivity index (χ0n) is 21.6. The highest BCUT2D eigenvalue weighted by molar-refractivity contribution is 6.30. The number of alkyl halides is 3. The molecular weight excluding hydrogens is 557 g/mol. The zero-order chi connectivity index (χ0) is 28.5. The van der Waals surface area contributed by atoms with Crippen molar-refractivity contribution in [2.45, 2.75) is 81.5 Å². The first-order chi connectivity index (χ1) is 19.1. The Balaban J connectivity index is 1.39. The van der Waals surface area contributed by atoms with E-state index in [9.17, 15) is 26.7 Å². The number of halogens is 6. The molecule has 1 aliphatic carbocycles. The van der Waals surface area contributed by atoms with Gasteiger partial charge in [0.05, 0.1) is 18.3 Å². The number of amides is 2. The molecule has 2 heterocycles. The molecule has 3 aliphatic rings. The molecule has 2 aromatic rings. The Hall–Kier alpha value is -2.63. The standard InChI is InChI=1S/C28H31ClF5N3O3/c29-17-6-8-22(20(31)14-17)36-26(38)37-23-10-9-21(16-4-2-1-3-5-16)35-25(23)40-24-11-7-18(30)15-19(24)27(12-13-39-27)28(32,33)34/h6-8,11,14-16,21,23,25,35H,1-5,9-10,12-13H2,(H2,36,37,38). The van der Waals surface area contributed by atoms with Crippen molar-refractivity contribution in [3.63, 3.8) is 0 Å². The number of nitrogens with one attached hydrogen (secondary N) is 3. The molecule has 2 saturated heterocycles. The average Bonchev–Trinajstić information content (AvgIpc) is 2.87. The van der Waals surface area contributed by atoms with E-state index < -0.39 is 47.3 Å². The Labute approximate surface area is 233 Å². The second-order valence-electron chi connectivity index (χ2n) is 10.7. The Bertz CT molecular complexity index is 1220. The molecule has 4 unspecified atom stereocenters. The summed E-state index contributed by atoms with van der Waals surface area (Å²) in [4.78, 5) is 12.8. The van der Waals surface area contributed by atoms with E-state index in [1.807, 2.05) is 0 Å². The molecule has 218 valence electrons. The maximum absolute atomic E-state index is 14.2. The minimum atomic E-state index is -4.79. The van der Waals surface area contributed by atoms with Gasteiger partial charge in [-0.2, -0.15) is 13.2 Å². The van der Waals surface area contributed by atoms with Crippen LogP contribution < -0.4 is 20.7 Å². The van der Waals surface area contributed by atoms with Crippen LogP contribution in [0.4, 0.5) is 32.4 Å². The molecule has 12 heteroatoms. The van der Waals surface area contributed by atoms with E-state index in [1.54, 1.807) is 0 Å². The molecule has 0 bridgehead atoms. The molecule has 5 rings (SSSR count). The van der Waals surface area contributed by atoms with E-state index in [1.165, 1.54) is 12.1 Å². The number of piperidine rings is 1. The SMILES string of the molecule is O=C(Nc1ccc(Cl)cc1F)NC1CCC(C2CCCCC2)NC1Oc1ccc(F)cc1C1(C(F)(F)F)CCO1. The molecule has 3 N–H and O–H groups in total. The average molecular weight is 588 g/mol. The van der Waals surface area contributed by atoms with Gasteiger partial charge in [0.2, 0.25) is 0 Å². The van der Waals surface area contributed by atoms with E-state index in [4.69, 9.17) is 21.1 Å². The van der Waals surface area contributed by atoms with E-state index in [-0.39, 0.29) is 35.5 Å². The molecule has 2 aromatic carbocycles. The third-order valence-corrected chi connectivity index (χ3v) is 8.37. The Morgan fingerprint density at radius 3 is 2.45 bits per heavy atom. The van der Waals surface area contributed by atoms with Crippen LogP contribution in [0.25, 0.3) is 0 Å². The van der Waals surface area contributed by atoms with Gasteiger partial charge in [-0.25, -0.2) is 13.6 Å². The molecular formula is C28H31ClF5N3O3. The molecule has 2 aliphatic heterocycles. The monoisotopic (exact) mass is 587 g/mol. The lowest BCUT2D eigenvalue weighted by molar-refractivity contribution is -0.334. The lowest BCUT2D eigenvalue weighted by atomic mass is 9.80. The van der Waals surface area contributed by atoms with Gasteiger partial charge < -0.3 is 20.1 Å². The van der Waals surface area contributed by atoms with E-state index in [0.29, 0.717) is 18.8 Å². The zero-order valence-corrected chi connectivity index (χ0v) is 22.4. The number of ether oxygens (including phenoxy) is 2. The van der Waals surface area contributed by atoms with Gasteiger partial charge in [0.1, 0.15) is 17.4 Å². The topological polar surface area (TPSA) is 71.6 Å². The third-order valence-electron chi connectivity index (χ3n) is 8.14. The van der Waals surface area contributed by atoms with Gasteiger partial charge in [0.25, 0.3) is 0 Å². The number of benzene rings is 2. The number of carbonyl (C=O) groups excluding carboxylic acids is 1. The van der Waals surface area contributed by atoms with Crippen LogP contribution in [0.3, 0.4) is 0 Å². The first-order valence-electron chi connectivity index (χ1n) is 13.5. The van der Waals surface area contributed by atoms with Gasteiger partial charge in [-0.15, -0.1) is 0 Å². The maximum atomic E-state index is 14.2. The second-order valence-corrected chi connectivity index (χ2v) is 11.1. The Morgan fingerprint density at radius 1 is 1.05 bits per heavy atom. The summed E-state index contributed by atoms with van der Waals surface area (Å²) in [6.07, 6.45) is 0.472. The van der Waals surface area contributed by atoms with Gasteiger partial charge in [0, 0.05) is 23.0 Å². The predicted molar refractivity (Wildman–Crippen MR) is 139 cm³/mol. The molecule has 3 fully saturated rings. The van der Waals surface area contributed by atoms with Gasteiger partial charge in [-0.05, 0) is 68.0 Å². The molecule has 2 amide bonds. The molecule has 4 atom stereocenters. The quantitative estimate of drug-likeness (QED) is 0.318. The van der Waals surface area contributed by atoms with Crippen molar-refractivity contribution < 1.29 is 36.2 Å². The Kier molecular flexibility index (Phi) is 8.45. The predicted octanol–water partition coefficient (Wildman–Crippen LogP) is 7.02. The molecule has 1 saturated carbocycles. The molecule has 0 aromatic heterocycles.